The SMILES string of the molecule is CC(=O)Oc1ccc2c3c1OC1[C@@H](OC(C)=O)C=C[C@H]4C(C2)N(C)CC[C@]314. The lowest BCUT2D eigenvalue weighted by Crippen LogP contribution is -2.65. The summed E-state index contributed by atoms with van der Waals surface area (Å²) in [5, 5.41) is 0. The van der Waals surface area contributed by atoms with Gasteiger partial charge in [-0.3, -0.25) is 9.59 Å². The van der Waals surface area contributed by atoms with Gasteiger partial charge in [0.05, 0.1) is 0 Å². The van der Waals surface area contributed by atoms with Crippen molar-refractivity contribution in [2.75, 3.05) is 13.6 Å². The fourth-order valence-corrected chi connectivity index (χ4v) is 5.74. The van der Waals surface area contributed by atoms with Gasteiger partial charge in [-0.1, -0.05) is 12.1 Å². The molecule has 2 unspecified atom stereocenters. The van der Waals surface area contributed by atoms with Gasteiger partial charge in [0.25, 0.3) is 0 Å². The predicted octanol–water partition coefficient (Wildman–Crippen LogP) is 1.99. The lowest BCUT2D eigenvalue weighted by atomic mass is 9.53. The minimum atomic E-state index is -0.439. The fourth-order valence-electron chi connectivity index (χ4n) is 5.74. The molecule has 2 aliphatic heterocycles. The van der Waals surface area contributed by atoms with Gasteiger partial charge < -0.3 is 19.1 Å². The number of rotatable bonds is 2. The molecule has 1 saturated heterocycles. The Labute approximate surface area is 158 Å². The highest BCUT2D eigenvalue weighted by Crippen LogP contribution is 2.62. The largest absolute Gasteiger partial charge is 0.481 e. The highest BCUT2D eigenvalue weighted by Gasteiger charge is 2.65. The quantitative estimate of drug-likeness (QED) is 0.451. The van der Waals surface area contributed by atoms with Gasteiger partial charge in [0, 0.05) is 36.8 Å². The number of likely N-dealkylation sites (tertiary alicyclic amines) is 1. The van der Waals surface area contributed by atoms with Crippen LogP contribution in [0.15, 0.2) is 24.3 Å². The Morgan fingerprint density at radius 3 is 2.78 bits per heavy atom. The third-order valence-corrected chi connectivity index (χ3v) is 6.67. The van der Waals surface area contributed by atoms with E-state index < -0.39 is 6.10 Å². The van der Waals surface area contributed by atoms with Crippen LogP contribution in [-0.2, 0) is 26.2 Å². The van der Waals surface area contributed by atoms with Crippen LogP contribution in [0.1, 0.15) is 31.4 Å². The lowest BCUT2D eigenvalue weighted by molar-refractivity contribution is -0.152. The van der Waals surface area contributed by atoms with E-state index in [1.807, 2.05) is 12.1 Å². The molecule has 1 fully saturated rings. The molecular weight excluding hydrogens is 346 g/mol. The van der Waals surface area contributed by atoms with Crippen LogP contribution in [0.4, 0.5) is 0 Å². The number of carbonyl (C=O) groups excluding carboxylic acids is 2. The normalized spacial score (nSPS) is 35.2. The van der Waals surface area contributed by atoms with Crippen molar-refractivity contribution in [2.24, 2.45) is 5.92 Å². The van der Waals surface area contributed by atoms with Crippen LogP contribution in [-0.4, -0.2) is 48.7 Å². The maximum atomic E-state index is 11.7. The summed E-state index contributed by atoms with van der Waals surface area (Å²) < 4.78 is 17.5. The van der Waals surface area contributed by atoms with Gasteiger partial charge in [0.1, 0.15) is 6.10 Å². The molecule has 0 amide bonds. The molecule has 5 atom stereocenters. The molecule has 1 aromatic rings. The van der Waals surface area contributed by atoms with Crippen LogP contribution in [0.3, 0.4) is 0 Å². The first-order chi connectivity index (χ1) is 12.9. The summed E-state index contributed by atoms with van der Waals surface area (Å²) in [6.07, 6.45) is 5.31. The van der Waals surface area contributed by atoms with Crippen LogP contribution in [0.25, 0.3) is 0 Å². The minimum Gasteiger partial charge on any atom is -0.481 e. The van der Waals surface area contributed by atoms with E-state index in [1.54, 1.807) is 0 Å². The Morgan fingerprint density at radius 2 is 2.04 bits per heavy atom. The first-order valence-electron chi connectivity index (χ1n) is 9.49. The number of benzene rings is 1. The predicted molar refractivity (Wildman–Crippen MR) is 96.8 cm³/mol. The molecule has 0 aromatic heterocycles. The second-order valence-corrected chi connectivity index (χ2v) is 8.09. The van der Waals surface area contributed by atoms with Gasteiger partial charge in [0.2, 0.25) is 0 Å². The molecule has 2 bridgehead atoms. The average Bonchev–Trinajstić information content (AvgIpc) is 2.95. The number of esters is 2. The molecule has 0 saturated carbocycles. The number of likely N-dealkylation sites (N-methyl/N-ethyl adjacent to an activating group) is 1. The van der Waals surface area contributed by atoms with Crippen LogP contribution < -0.4 is 9.47 Å². The summed E-state index contributed by atoms with van der Waals surface area (Å²) in [7, 11) is 2.17. The van der Waals surface area contributed by atoms with E-state index in [-0.39, 0.29) is 29.4 Å². The van der Waals surface area contributed by atoms with E-state index in [1.165, 1.54) is 19.4 Å². The van der Waals surface area contributed by atoms with Crippen molar-refractivity contribution in [3.05, 3.63) is 35.4 Å². The van der Waals surface area contributed by atoms with Crippen LogP contribution in [0.2, 0.25) is 0 Å². The first-order valence-corrected chi connectivity index (χ1v) is 9.49. The highest BCUT2D eigenvalue weighted by molar-refractivity contribution is 5.73. The number of ether oxygens (including phenoxy) is 3. The molecular formula is C21H23NO5. The zero-order chi connectivity index (χ0) is 18.9. The van der Waals surface area contributed by atoms with Gasteiger partial charge in [-0.2, -0.15) is 0 Å². The number of hydrogen-bond donors (Lipinski definition) is 0. The smallest absolute Gasteiger partial charge is 0.308 e. The Kier molecular flexibility index (Phi) is 3.47. The highest BCUT2D eigenvalue weighted by atomic mass is 16.6. The molecule has 2 aliphatic carbocycles. The summed E-state index contributed by atoms with van der Waals surface area (Å²) in [5.74, 6) is 0.712. The van der Waals surface area contributed by atoms with E-state index in [4.69, 9.17) is 14.2 Å². The third-order valence-electron chi connectivity index (χ3n) is 6.67. The number of piperidine rings is 1. The molecule has 27 heavy (non-hydrogen) atoms. The second kappa shape index (κ2) is 5.58. The number of hydrogen-bond acceptors (Lipinski definition) is 6. The summed E-state index contributed by atoms with van der Waals surface area (Å²) in [6, 6.07) is 4.28. The van der Waals surface area contributed by atoms with Crippen LogP contribution >= 0.6 is 0 Å². The van der Waals surface area contributed by atoms with Crippen molar-refractivity contribution in [3.8, 4) is 11.5 Å². The zero-order valence-electron chi connectivity index (χ0n) is 15.7. The van der Waals surface area contributed by atoms with E-state index >= 15 is 0 Å². The van der Waals surface area contributed by atoms with Crippen molar-refractivity contribution in [1.29, 1.82) is 0 Å². The minimum absolute atomic E-state index is 0.245. The van der Waals surface area contributed by atoms with E-state index in [0.29, 0.717) is 17.5 Å². The monoisotopic (exact) mass is 369 g/mol. The topological polar surface area (TPSA) is 65.1 Å². The molecule has 142 valence electrons. The third kappa shape index (κ3) is 2.16. The van der Waals surface area contributed by atoms with Crippen molar-refractivity contribution < 1.29 is 23.8 Å². The summed E-state index contributed by atoms with van der Waals surface area (Å²) >= 11 is 0. The van der Waals surface area contributed by atoms with Gasteiger partial charge in [0.15, 0.2) is 17.6 Å². The lowest BCUT2D eigenvalue weighted by Gasteiger charge is -2.56. The van der Waals surface area contributed by atoms with Crippen molar-refractivity contribution in [2.45, 2.75) is 50.4 Å². The standard InChI is InChI=1S/C21H23NO5/c1-11(23)25-16-6-4-13-10-15-14-5-7-17(26-12(2)24)20-21(14,8-9-22(15)3)18(13)19(16)27-20/h4-7,14-15,17,20H,8-10H2,1-3H3/t14-,15?,17-,20?,21-/m0/s1. The van der Waals surface area contributed by atoms with Crippen molar-refractivity contribution >= 4 is 11.9 Å². The summed E-state index contributed by atoms with van der Waals surface area (Å²) in [6.45, 7) is 3.77. The summed E-state index contributed by atoms with van der Waals surface area (Å²) in [4.78, 5) is 25.7. The second-order valence-electron chi connectivity index (χ2n) is 8.09. The molecule has 4 aliphatic rings. The Hall–Kier alpha value is -2.34. The molecule has 6 heteroatoms. The average molecular weight is 369 g/mol. The molecule has 0 radical (unpaired) electrons. The van der Waals surface area contributed by atoms with E-state index in [2.05, 4.69) is 24.1 Å². The van der Waals surface area contributed by atoms with Crippen LogP contribution in [0, 0.1) is 5.92 Å². The number of carbonyl (C=O) groups is 2. The molecule has 2 heterocycles. The molecule has 5 rings (SSSR count). The Morgan fingerprint density at radius 1 is 1.22 bits per heavy atom. The van der Waals surface area contributed by atoms with Crippen molar-refractivity contribution in [3.63, 3.8) is 0 Å². The van der Waals surface area contributed by atoms with Crippen molar-refractivity contribution in [1.82, 2.24) is 4.90 Å². The molecule has 6 nitrogen and oxygen atoms in total. The molecule has 1 aromatic carbocycles. The maximum Gasteiger partial charge on any atom is 0.308 e. The van der Waals surface area contributed by atoms with Crippen LogP contribution in [0.5, 0.6) is 11.5 Å². The molecule has 0 N–H and O–H groups in total. The Bertz CT molecular complexity index is 878. The fraction of sp³-hybridized carbons (Fsp3) is 0.524. The summed E-state index contributed by atoms with van der Waals surface area (Å²) in [5.41, 5.74) is 2.15. The van der Waals surface area contributed by atoms with Gasteiger partial charge in [-0.15, -0.1) is 0 Å². The maximum absolute atomic E-state index is 11.7. The van der Waals surface area contributed by atoms with Gasteiger partial charge in [-0.05, 0) is 44.1 Å². The molecule has 1 spiro atoms. The Balaban J connectivity index is 1.71. The zero-order valence-corrected chi connectivity index (χ0v) is 15.7. The van der Waals surface area contributed by atoms with E-state index in [0.717, 1.165) is 24.9 Å². The van der Waals surface area contributed by atoms with Gasteiger partial charge in [-0.25, -0.2) is 0 Å². The first kappa shape index (κ1) is 16.8. The number of nitrogens with zero attached hydrogens (tertiary/aromatic N) is 1. The van der Waals surface area contributed by atoms with Gasteiger partial charge >= 0.3 is 11.9 Å². The van der Waals surface area contributed by atoms with E-state index in [9.17, 15) is 9.59 Å².